The Balaban J connectivity index is 1.19. The number of piperazine rings is 1. The molecule has 2 aromatic heterocycles. The Morgan fingerprint density at radius 3 is 2.20 bits per heavy atom. The molecular formula is C35H35N5O5. The second kappa shape index (κ2) is 13.6. The van der Waals surface area contributed by atoms with Gasteiger partial charge in [-0.25, -0.2) is 9.78 Å². The van der Waals surface area contributed by atoms with Crippen LogP contribution in [-0.4, -0.2) is 76.9 Å². The number of aromatic amines is 1. The zero-order valence-electron chi connectivity index (χ0n) is 25.0. The number of aryl methyl sites for hydroxylation is 1. The number of hydrogen-bond acceptors (Lipinski definition) is 7. The number of rotatable bonds is 10. The van der Waals surface area contributed by atoms with Gasteiger partial charge >= 0.3 is 5.97 Å². The predicted octanol–water partition coefficient (Wildman–Crippen LogP) is 4.61. The van der Waals surface area contributed by atoms with Crippen molar-refractivity contribution in [1.82, 2.24) is 25.1 Å². The summed E-state index contributed by atoms with van der Waals surface area (Å²) in [5.74, 6) is -0.888. The summed E-state index contributed by atoms with van der Waals surface area (Å²) in [4.78, 5) is 50.9. The molecule has 0 radical (unpaired) electrons. The third-order valence-electron chi connectivity index (χ3n) is 8.28. The van der Waals surface area contributed by atoms with Crippen molar-refractivity contribution in [2.75, 3.05) is 33.3 Å². The minimum atomic E-state index is -0.856. The molecule has 1 atom stereocenters. The molecule has 10 heteroatoms. The Kier molecular flexibility index (Phi) is 9.02. The molecule has 0 bridgehead atoms. The highest BCUT2D eigenvalue weighted by Crippen LogP contribution is 2.29. The first-order chi connectivity index (χ1) is 22.0. The predicted molar refractivity (Wildman–Crippen MR) is 169 cm³/mol. The summed E-state index contributed by atoms with van der Waals surface area (Å²) >= 11 is 0. The van der Waals surface area contributed by atoms with Gasteiger partial charge in [0.05, 0.1) is 13.2 Å². The molecule has 2 N–H and O–H groups in total. The number of aromatic nitrogens is 2. The Hall–Kier alpha value is -5.22. The minimum absolute atomic E-state index is 0.0605. The van der Waals surface area contributed by atoms with E-state index in [9.17, 15) is 14.4 Å². The van der Waals surface area contributed by atoms with Crippen LogP contribution in [0.5, 0.6) is 0 Å². The normalized spacial score (nSPS) is 14.4. The number of para-hydroxylation sites is 1. The zero-order valence-corrected chi connectivity index (χ0v) is 25.0. The molecule has 1 fully saturated rings. The molecule has 5 aromatic rings. The molecule has 0 spiro atoms. The van der Waals surface area contributed by atoms with Gasteiger partial charge in [-0.05, 0) is 29.7 Å². The number of carbonyl (C=O) groups excluding carboxylic acids is 3. The van der Waals surface area contributed by atoms with Gasteiger partial charge in [0.1, 0.15) is 17.5 Å². The number of carbonyl (C=O) groups is 3. The molecule has 3 aromatic carbocycles. The van der Waals surface area contributed by atoms with Gasteiger partial charge in [0.25, 0.3) is 5.91 Å². The maximum Gasteiger partial charge on any atom is 0.360 e. The van der Waals surface area contributed by atoms with Crippen LogP contribution in [0.2, 0.25) is 0 Å². The first-order valence-electron chi connectivity index (χ1n) is 15.0. The number of benzene rings is 3. The van der Waals surface area contributed by atoms with Crippen molar-refractivity contribution in [2.45, 2.75) is 24.9 Å². The maximum atomic E-state index is 14.0. The second-order valence-corrected chi connectivity index (χ2v) is 11.0. The summed E-state index contributed by atoms with van der Waals surface area (Å²) in [5.41, 5.74) is 3.65. The van der Waals surface area contributed by atoms with Crippen molar-refractivity contribution in [3.05, 3.63) is 126 Å². The van der Waals surface area contributed by atoms with Crippen LogP contribution in [0.25, 0.3) is 10.9 Å². The van der Waals surface area contributed by atoms with E-state index in [1.165, 1.54) is 24.6 Å². The van der Waals surface area contributed by atoms with E-state index < -0.39 is 12.0 Å². The van der Waals surface area contributed by atoms with Gasteiger partial charge in [-0.1, -0.05) is 78.9 Å². The van der Waals surface area contributed by atoms with Crippen LogP contribution in [0.1, 0.15) is 50.3 Å². The Bertz CT molecular complexity index is 1690. The average Bonchev–Trinajstić information content (AvgIpc) is 3.75. The molecule has 10 nitrogen and oxygen atoms in total. The molecule has 0 aliphatic carbocycles. The highest BCUT2D eigenvalue weighted by Gasteiger charge is 2.33. The number of nitrogens with zero attached hydrogens (tertiary/aromatic N) is 3. The third-order valence-corrected chi connectivity index (χ3v) is 8.28. The molecule has 1 aliphatic rings. The van der Waals surface area contributed by atoms with E-state index in [-0.39, 0.29) is 36.4 Å². The van der Waals surface area contributed by atoms with Gasteiger partial charge in [-0.2, -0.15) is 0 Å². The van der Waals surface area contributed by atoms with E-state index >= 15 is 0 Å². The number of fused-ring (bicyclic) bond motifs is 1. The molecule has 2 amide bonds. The molecule has 230 valence electrons. The number of esters is 1. The van der Waals surface area contributed by atoms with Crippen LogP contribution in [0, 0.1) is 0 Å². The van der Waals surface area contributed by atoms with Gasteiger partial charge < -0.3 is 24.4 Å². The van der Waals surface area contributed by atoms with Crippen LogP contribution < -0.4 is 5.32 Å². The van der Waals surface area contributed by atoms with Crippen molar-refractivity contribution in [3.8, 4) is 0 Å². The largest absolute Gasteiger partial charge is 0.464 e. The SMILES string of the molecule is COC(=O)c1ncoc1CCC(NC(=O)c1cc2ccccc2[nH]1)C(=O)N1CCN(C(c2ccccc2)c2ccccc2)CC1. The van der Waals surface area contributed by atoms with Gasteiger partial charge in [-0.15, -0.1) is 0 Å². The van der Waals surface area contributed by atoms with Crippen LogP contribution in [0.15, 0.2) is 102 Å². The summed E-state index contributed by atoms with van der Waals surface area (Å²) in [7, 11) is 1.27. The highest BCUT2D eigenvalue weighted by atomic mass is 16.5. The summed E-state index contributed by atoms with van der Waals surface area (Å²) < 4.78 is 10.3. The number of amides is 2. The lowest BCUT2D eigenvalue weighted by Gasteiger charge is -2.40. The number of hydrogen-bond donors (Lipinski definition) is 2. The topological polar surface area (TPSA) is 121 Å². The van der Waals surface area contributed by atoms with Crippen molar-refractivity contribution in [1.29, 1.82) is 0 Å². The van der Waals surface area contributed by atoms with E-state index in [1.54, 1.807) is 11.0 Å². The zero-order chi connectivity index (χ0) is 31.2. The van der Waals surface area contributed by atoms with Crippen LogP contribution in [0.4, 0.5) is 0 Å². The summed E-state index contributed by atoms with van der Waals surface area (Å²) in [6.45, 7) is 2.34. The van der Waals surface area contributed by atoms with Crippen molar-refractivity contribution < 1.29 is 23.5 Å². The number of methoxy groups -OCH3 is 1. The molecule has 6 rings (SSSR count). The number of ether oxygens (including phenoxy) is 1. The molecule has 3 heterocycles. The smallest absolute Gasteiger partial charge is 0.360 e. The fraction of sp³-hybridized carbons (Fsp3) is 0.257. The number of oxazole rings is 1. The monoisotopic (exact) mass is 605 g/mol. The molecule has 1 aliphatic heterocycles. The van der Waals surface area contributed by atoms with Crippen LogP contribution in [-0.2, 0) is 16.0 Å². The first-order valence-corrected chi connectivity index (χ1v) is 15.0. The standard InChI is InChI=1S/C35H35N5O5/c1-44-35(43)31-30(45-23-36-31)17-16-28(38-33(41)29-22-26-14-8-9-15-27(26)37-29)34(42)40-20-18-39(19-21-40)32(24-10-4-2-5-11-24)25-12-6-3-7-13-25/h2-15,22-23,28,32,37H,16-21H2,1H3,(H,38,41). The lowest BCUT2D eigenvalue weighted by molar-refractivity contribution is -0.135. The molecular weight excluding hydrogens is 570 g/mol. The molecule has 1 unspecified atom stereocenters. The molecule has 0 saturated carbocycles. The minimum Gasteiger partial charge on any atom is -0.464 e. The first kappa shape index (κ1) is 29.8. The number of H-pyrrole nitrogens is 1. The lowest BCUT2D eigenvalue weighted by atomic mass is 9.96. The third kappa shape index (κ3) is 6.66. The fourth-order valence-electron chi connectivity index (χ4n) is 5.98. The summed E-state index contributed by atoms with van der Waals surface area (Å²) in [6.07, 6.45) is 1.59. The van der Waals surface area contributed by atoms with E-state index in [2.05, 4.69) is 44.5 Å². The Morgan fingerprint density at radius 1 is 0.911 bits per heavy atom. The second-order valence-electron chi connectivity index (χ2n) is 11.0. The van der Waals surface area contributed by atoms with E-state index in [1.807, 2.05) is 60.7 Å². The van der Waals surface area contributed by atoms with Crippen LogP contribution >= 0.6 is 0 Å². The van der Waals surface area contributed by atoms with Gasteiger partial charge in [0, 0.05) is 43.5 Å². The fourth-order valence-corrected chi connectivity index (χ4v) is 5.98. The van der Waals surface area contributed by atoms with Gasteiger partial charge in [-0.3, -0.25) is 14.5 Å². The average molecular weight is 606 g/mol. The summed E-state index contributed by atoms with van der Waals surface area (Å²) in [6, 6.07) is 29.3. The van der Waals surface area contributed by atoms with Crippen molar-refractivity contribution >= 4 is 28.7 Å². The van der Waals surface area contributed by atoms with Gasteiger partial charge in [0.15, 0.2) is 12.1 Å². The quantitative estimate of drug-likeness (QED) is 0.223. The maximum absolute atomic E-state index is 14.0. The van der Waals surface area contributed by atoms with Crippen molar-refractivity contribution in [3.63, 3.8) is 0 Å². The van der Waals surface area contributed by atoms with Crippen LogP contribution in [0.3, 0.4) is 0 Å². The van der Waals surface area contributed by atoms with E-state index in [4.69, 9.17) is 9.15 Å². The number of nitrogens with one attached hydrogen (secondary N) is 2. The highest BCUT2D eigenvalue weighted by molar-refractivity contribution is 6.00. The molecule has 1 saturated heterocycles. The Morgan fingerprint density at radius 2 is 1.56 bits per heavy atom. The Labute approximate surface area is 261 Å². The summed E-state index contributed by atoms with van der Waals surface area (Å²) in [5, 5.41) is 3.85. The van der Waals surface area contributed by atoms with E-state index in [0.29, 0.717) is 37.6 Å². The van der Waals surface area contributed by atoms with Crippen molar-refractivity contribution in [2.24, 2.45) is 0 Å². The molecule has 45 heavy (non-hydrogen) atoms. The van der Waals surface area contributed by atoms with E-state index in [0.717, 1.165) is 10.9 Å². The van der Waals surface area contributed by atoms with Gasteiger partial charge in [0.2, 0.25) is 5.91 Å². The lowest BCUT2D eigenvalue weighted by Crippen LogP contribution is -2.55.